The topological polar surface area (TPSA) is 20.3 Å². The van der Waals surface area contributed by atoms with Crippen LogP contribution in [0.5, 0.6) is 0 Å². The van der Waals surface area contributed by atoms with Gasteiger partial charge in [0.15, 0.2) is 5.78 Å². The van der Waals surface area contributed by atoms with Crippen molar-refractivity contribution in [2.24, 2.45) is 0 Å². The first-order valence-corrected chi connectivity index (χ1v) is 7.34. The molecule has 108 valence electrons. The number of halogens is 2. The fourth-order valence-electron chi connectivity index (χ4n) is 2.69. The van der Waals surface area contributed by atoms with E-state index in [2.05, 4.69) is 4.90 Å². The van der Waals surface area contributed by atoms with Crippen molar-refractivity contribution in [3.8, 4) is 0 Å². The molecule has 0 amide bonds. The Balaban J connectivity index is 1.92. The average Bonchev–Trinajstić information content (AvgIpc) is 2.64. The normalized spacial score (nSPS) is 14.8. The Morgan fingerprint density at radius 3 is 2.81 bits per heavy atom. The summed E-state index contributed by atoms with van der Waals surface area (Å²) in [7, 11) is 0. The first kappa shape index (κ1) is 14.1. The number of rotatable bonds is 2. The molecule has 1 heterocycles. The van der Waals surface area contributed by atoms with Crippen molar-refractivity contribution in [3.63, 3.8) is 0 Å². The van der Waals surface area contributed by atoms with E-state index in [1.54, 1.807) is 12.1 Å². The zero-order valence-electron chi connectivity index (χ0n) is 11.5. The fraction of sp³-hybridized carbons (Fsp3) is 0.235. The van der Waals surface area contributed by atoms with Gasteiger partial charge in [-0.2, -0.15) is 0 Å². The Hall–Kier alpha value is -1.87. The van der Waals surface area contributed by atoms with E-state index in [0.29, 0.717) is 13.0 Å². The number of Topliss-reactive ketones (excluding diaryl/α,β-unsaturated/α-hetero) is 1. The van der Waals surface area contributed by atoms with Gasteiger partial charge in [-0.25, -0.2) is 4.39 Å². The molecule has 0 unspecified atom stereocenters. The molecule has 21 heavy (non-hydrogen) atoms. The molecule has 0 saturated heterocycles. The van der Waals surface area contributed by atoms with Crippen molar-refractivity contribution in [1.29, 1.82) is 0 Å². The molecule has 0 radical (unpaired) electrons. The van der Waals surface area contributed by atoms with Crippen molar-refractivity contribution in [2.45, 2.75) is 19.4 Å². The molecule has 2 aromatic carbocycles. The lowest BCUT2D eigenvalue weighted by molar-refractivity contribution is 0.0984. The van der Waals surface area contributed by atoms with Gasteiger partial charge in [-0.15, -0.1) is 0 Å². The van der Waals surface area contributed by atoms with Gasteiger partial charge in [0.2, 0.25) is 0 Å². The van der Waals surface area contributed by atoms with Gasteiger partial charge in [0.1, 0.15) is 5.82 Å². The molecule has 4 heteroatoms. The predicted octanol–water partition coefficient (Wildman–Crippen LogP) is 4.46. The third-order valence-electron chi connectivity index (χ3n) is 3.73. The second kappa shape index (κ2) is 5.86. The van der Waals surface area contributed by atoms with E-state index < -0.39 is 5.82 Å². The molecule has 0 fully saturated rings. The maximum absolute atomic E-state index is 13.2. The van der Waals surface area contributed by atoms with E-state index >= 15 is 0 Å². The van der Waals surface area contributed by atoms with Crippen LogP contribution in [0, 0.1) is 5.82 Å². The van der Waals surface area contributed by atoms with Gasteiger partial charge in [-0.3, -0.25) is 4.79 Å². The van der Waals surface area contributed by atoms with Crippen molar-refractivity contribution in [3.05, 3.63) is 64.4 Å². The van der Waals surface area contributed by atoms with Crippen LogP contribution < -0.4 is 4.90 Å². The van der Waals surface area contributed by atoms with E-state index in [9.17, 15) is 9.18 Å². The monoisotopic (exact) mass is 303 g/mol. The largest absolute Gasteiger partial charge is 0.367 e. The Morgan fingerprint density at radius 2 is 2.00 bits per heavy atom. The van der Waals surface area contributed by atoms with Gasteiger partial charge in [0, 0.05) is 30.8 Å². The van der Waals surface area contributed by atoms with Crippen LogP contribution in [0.25, 0.3) is 0 Å². The summed E-state index contributed by atoms with van der Waals surface area (Å²) in [5.74, 6) is -0.225. The second-order valence-corrected chi connectivity index (χ2v) is 5.62. The maximum atomic E-state index is 13.2. The van der Waals surface area contributed by atoms with Crippen molar-refractivity contribution >= 4 is 23.1 Å². The summed E-state index contributed by atoms with van der Waals surface area (Å²) in [6, 6.07) is 12.4. The molecule has 0 N–H and O–H groups in total. The number of hydrogen-bond donors (Lipinski definition) is 0. The highest BCUT2D eigenvalue weighted by Gasteiger charge is 2.20. The number of anilines is 1. The minimum Gasteiger partial charge on any atom is -0.367 e. The third-order valence-corrected chi connectivity index (χ3v) is 4.02. The molecule has 0 saturated carbocycles. The Kier molecular flexibility index (Phi) is 3.93. The molecule has 0 aromatic heterocycles. The van der Waals surface area contributed by atoms with Gasteiger partial charge in [0.05, 0.1) is 5.02 Å². The summed E-state index contributed by atoms with van der Waals surface area (Å²) in [4.78, 5) is 14.3. The molecule has 0 aliphatic carbocycles. The molecule has 2 nitrogen and oxygen atoms in total. The first-order valence-electron chi connectivity index (χ1n) is 6.96. The Morgan fingerprint density at radius 1 is 1.19 bits per heavy atom. The number of para-hydroxylation sites is 1. The number of ketones is 1. The molecule has 1 aliphatic rings. The second-order valence-electron chi connectivity index (χ2n) is 5.21. The highest BCUT2D eigenvalue weighted by molar-refractivity contribution is 6.30. The van der Waals surface area contributed by atoms with Crippen molar-refractivity contribution < 1.29 is 9.18 Å². The van der Waals surface area contributed by atoms with Gasteiger partial charge in [-0.05, 0) is 36.2 Å². The van der Waals surface area contributed by atoms with Gasteiger partial charge in [0.25, 0.3) is 0 Å². The van der Waals surface area contributed by atoms with E-state index in [4.69, 9.17) is 11.6 Å². The molecule has 0 bridgehead atoms. The molecule has 0 atom stereocenters. The summed E-state index contributed by atoms with van der Waals surface area (Å²) < 4.78 is 13.2. The lowest BCUT2D eigenvalue weighted by Crippen LogP contribution is -2.23. The Labute approximate surface area is 128 Å². The van der Waals surface area contributed by atoms with Crippen LogP contribution in [-0.2, 0) is 6.54 Å². The third kappa shape index (κ3) is 2.93. The van der Waals surface area contributed by atoms with Crippen molar-refractivity contribution in [2.75, 3.05) is 11.4 Å². The molecule has 0 spiro atoms. The zero-order chi connectivity index (χ0) is 14.8. The number of nitrogens with zero attached hydrogens (tertiary/aromatic N) is 1. The highest BCUT2D eigenvalue weighted by atomic mass is 35.5. The van der Waals surface area contributed by atoms with Crippen molar-refractivity contribution in [1.82, 2.24) is 0 Å². The van der Waals surface area contributed by atoms with Crippen LogP contribution in [0.1, 0.15) is 28.8 Å². The molecular weight excluding hydrogens is 289 g/mol. The smallest absolute Gasteiger partial charge is 0.165 e. The number of carbonyl (C=O) groups excluding carboxylic acids is 1. The number of benzene rings is 2. The molecule has 2 aromatic rings. The summed E-state index contributed by atoms with van der Waals surface area (Å²) in [6.07, 6.45) is 1.39. The number of fused-ring (bicyclic) bond motifs is 1. The van der Waals surface area contributed by atoms with E-state index in [1.165, 1.54) is 6.07 Å². The molecular formula is C17H15ClFNO. The van der Waals surface area contributed by atoms with Crippen LogP contribution >= 0.6 is 11.6 Å². The lowest BCUT2D eigenvalue weighted by Gasteiger charge is -2.24. The summed E-state index contributed by atoms with van der Waals surface area (Å²) in [5, 5.41) is 0.131. The molecule has 3 rings (SSSR count). The van der Waals surface area contributed by atoms with Gasteiger partial charge in [-0.1, -0.05) is 29.8 Å². The minimum absolute atomic E-state index is 0.131. The van der Waals surface area contributed by atoms with Crippen LogP contribution in [0.3, 0.4) is 0 Å². The summed E-state index contributed by atoms with van der Waals surface area (Å²) in [6.45, 7) is 1.42. The van der Waals surface area contributed by atoms with Crippen LogP contribution in [0.2, 0.25) is 5.02 Å². The van der Waals surface area contributed by atoms with E-state index in [-0.39, 0.29) is 10.8 Å². The quantitative estimate of drug-likeness (QED) is 0.816. The van der Waals surface area contributed by atoms with Crippen LogP contribution in [0.4, 0.5) is 10.1 Å². The highest BCUT2D eigenvalue weighted by Crippen LogP contribution is 2.28. The predicted molar refractivity (Wildman–Crippen MR) is 82.5 cm³/mol. The number of hydrogen-bond acceptors (Lipinski definition) is 2. The Bertz CT molecular complexity index is 686. The van der Waals surface area contributed by atoms with Crippen LogP contribution in [0.15, 0.2) is 42.5 Å². The van der Waals surface area contributed by atoms with E-state index in [0.717, 1.165) is 29.8 Å². The first-order chi connectivity index (χ1) is 10.1. The number of carbonyl (C=O) groups is 1. The van der Waals surface area contributed by atoms with E-state index in [1.807, 2.05) is 24.3 Å². The zero-order valence-corrected chi connectivity index (χ0v) is 12.2. The van der Waals surface area contributed by atoms with Gasteiger partial charge < -0.3 is 4.90 Å². The standard InChI is InChI=1S/C17H15ClFNO/c18-14-10-12(7-8-15(14)19)11-20-9-3-6-17(21)13-4-1-2-5-16(13)20/h1-2,4-5,7-8,10H,3,6,9,11H2. The summed E-state index contributed by atoms with van der Waals surface area (Å²) >= 11 is 5.84. The van der Waals surface area contributed by atoms with Crippen LogP contribution in [-0.4, -0.2) is 12.3 Å². The van der Waals surface area contributed by atoms with Gasteiger partial charge >= 0.3 is 0 Å². The minimum atomic E-state index is -0.410. The summed E-state index contributed by atoms with van der Waals surface area (Å²) in [5.41, 5.74) is 2.65. The fourth-order valence-corrected chi connectivity index (χ4v) is 2.90. The SMILES string of the molecule is O=C1CCCN(Cc2ccc(F)c(Cl)c2)c2ccccc21. The maximum Gasteiger partial charge on any atom is 0.165 e. The lowest BCUT2D eigenvalue weighted by atomic mass is 10.1. The average molecular weight is 304 g/mol. The molecule has 1 aliphatic heterocycles.